The van der Waals surface area contributed by atoms with E-state index in [1.807, 2.05) is 6.92 Å². The molecule has 1 aliphatic rings. The molecule has 21 heavy (non-hydrogen) atoms. The molecular weight excluding hydrogens is 286 g/mol. The van der Waals surface area contributed by atoms with Crippen molar-refractivity contribution in [1.82, 2.24) is 9.29 Å². The summed E-state index contributed by atoms with van der Waals surface area (Å²) in [6, 6.07) is 3.18. The average molecular weight is 311 g/mol. The third-order valence-corrected chi connectivity index (χ3v) is 5.96. The van der Waals surface area contributed by atoms with Crippen molar-refractivity contribution in [2.45, 2.75) is 39.0 Å². The smallest absolute Gasteiger partial charge is 0.243 e. The third-order valence-electron chi connectivity index (χ3n) is 4.10. The van der Waals surface area contributed by atoms with E-state index in [-0.39, 0.29) is 5.41 Å². The Morgan fingerprint density at radius 3 is 2.71 bits per heavy atom. The quantitative estimate of drug-likeness (QED) is 0.928. The van der Waals surface area contributed by atoms with Crippen molar-refractivity contribution in [3.05, 3.63) is 18.3 Å². The van der Waals surface area contributed by atoms with Crippen LogP contribution in [0.5, 0.6) is 0 Å². The Bertz CT molecular complexity index is 593. The molecule has 2 heterocycles. The van der Waals surface area contributed by atoms with Crippen LogP contribution in [0, 0.1) is 11.3 Å². The lowest BCUT2D eigenvalue weighted by Gasteiger charge is -2.26. The van der Waals surface area contributed by atoms with Crippen molar-refractivity contribution in [2.24, 2.45) is 11.3 Å². The molecule has 1 saturated heterocycles. The maximum absolute atomic E-state index is 12.7. The molecule has 1 N–H and O–H groups in total. The molecule has 0 aliphatic carbocycles. The maximum atomic E-state index is 12.7. The van der Waals surface area contributed by atoms with Crippen molar-refractivity contribution in [2.75, 3.05) is 25.0 Å². The van der Waals surface area contributed by atoms with E-state index in [4.69, 9.17) is 0 Å². The van der Waals surface area contributed by atoms with E-state index in [9.17, 15) is 8.42 Å². The number of rotatable bonds is 4. The second-order valence-electron chi connectivity index (χ2n) is 6.62. The van der Waals surface area contributed by atoms with Crippen molar-refractivity contribution in [3.63, 3.8) is 0 Å². The molecule has 0 spiro atoms. The maximum Gasteiger partial charge on any atom is 0.243 e. The fraction of sp³-hybridized carbons (Fsp3) is 0.667. The molecule has 5 nitrogen and oxygen atoms in total. The molecule has 1 unspecified atom stereocenters. The predicted molar refractivity (Wildman–Crippen MR) is 84.7 cm³/mol. The van der Waals surface area contributed by atoms with E-state index in [2.05, 4.69) is 31.1 Å². The molecule has 0 bridgehead atoms. The normalized spacial score (nSPS) is 20.7. The summed E-state index contributed by atoms with van der Waals surface area (Å²) in [5.74, 6) is 1.01. The SMILES string of the molecule is CCNc1cc(S(=O)(=O)N2CCC(C(C)(C)C)C2)ccn1. The largest absolute Gasteiger partial charge is 0.370 e. The van der Waals surface area contributed by atoms with Gasteiger partial charge in [-0.2, -0.15) is 4.31 Å². The number of aromatic nitrogens is 1. The van der Waals surface area contributed by atoms with E-state index in [0.29, 0.717) is 36.3 Å². The topological polar surface area (TPSA) is 62.3 Å². The van der Waals surface area contributed by atoms with Gasteiger partial charge in [0.25, 0.3) is 0 Å². The first kappa shape index (κ1) is 16.2. The summed E-state index contributed by atoms with van der Waals surface area (Å²) < 4.78 is 27.1. The van der Waals surface area contributed by atoms with Crippen molar-refractivity contribution < 1.29 is 8.42 Å². The minimum atomic E-state index is -3.42. The molecule has 1 aromatic heterocycles. The van der Waals surface area contributed by atoms with Crippen LogP contribution in [0.3, 0.4) is 0 Å². The molecule has 1 atom stereocenters. The van der Waals surface area contributed by atoms with Gasteiger partial charge >= 0.3 is 0 Å². The molecule has 1 aromatic rings. The lowest BCUT2D eigenvalue weighted by atomic mass is 9.80. The number of hydrogen-bond donors (Lipinski definition) is 1. The zero-order valence-corrected chi connectivity index (χ0v) is 14.1. The van der Waals surface area contributed by atoms with Crippen LogP contribution in [0.4, 0.5) is 5.82 Å². The van der Waals surface area contributed by atoms with Crippen LogP contribution in [0.25, 0.3) is 0 Å². The molecule has 0 radical (unpaired) electrons. The zero-order valence-electron chi connectivity index (χ0n) is 13.3. The second-order valence-corrected chi connectivity index (χ2v) is 8.56. The van der Waals surface area contributed by atoms with E-state index in [1.165, 1.54) is 0 Å². The molecule has 1 fully saturated rings. The van der Waals surface area contributed by atoms with Crippen molar-refractivity contribution in [1.29, 1.82) is 0 Å². The minimum Gasteiger partial charge on any atom is -0.370 e. The molecule has 0 aromatic carbocycles. The molecule has 0 amide bonds. The molecule has 0 saturated carbocycles. The Morgan fingerprint density at radius 2 is 2.14 bits per heavy atom. The number of sulfonamides is 1. The van der Waals surface area contributed by atoms with E-state index < -0.39 is 10.0 Å². The zero-order chi connectivity index (χ0) is 15.7. The molecule has 118 valence electrons. The minimum absolute atomic E-state index is 0.136. The van der Waals surface area contributed by atoms with Gasteiger partial charge in [-0.25, -0.2) is 13.4 Å². The van der Waals surface area contributed by atoms with E-state index >= 15 is 0 Å². The highest BCUT2D eigenvalue weighted by molar-refractivity contribution is 7.89. The van der Waals surface area contributed by atoms with Gasteiger partial charge < -0.3 is 5.32 Å². The molecule has 6 heteroatoms. The van der Waals surface area contributed by atoms with Crippen LogP contribution in [0.2, 0.25) is 0 Å². The van der Waals surface area contributed by atoms with Gasteiger partial charge in [0, 0.05) is 31.9 Å². The van der Waals surface area contributed by atoms with Crippen LogP contribution in [-0.4, -0.2) is 37.3 Å². The summed E-state index contributed by atoms with van der Waals surface area (Å²) in [6.07, 6.45) is 2.47. The van der Waals surface area contributed by atoms with E-state index in [0.717, 1.165) is 6.42 Å². The summed E-state index contributed by atoms with van der Waals surface area (Å²) in [7, 11) is -3.42. The highest BCUT2D eigenvalue weighted by atomic mass is 32.2. The summed E-state index contributed by atoms with van der Waals surface area (Å²) in [5.41, 5.74) is 0.136. The van der Waals surface area contributed by atoms with Gasteiger partial charge in [-0.05, 0) is 30.7 Å². The Labute approximate surface area is 127 Å². The van der Waals surface area contributed by atoms with Crippen LogP contribution < -0.4 is 5.32 Å². The highest BCUT2D eigenvalue weighted by Gasteiger charge is 2.37. The van der Waals surface area contributed by atoms with Crippen LogP contribution in [0.15, 0.2) is 23.2 Å². The Hall–Kier alpha value is -1.14. The number of nitrogens with zero attached hydrogens (tertiary/aromatic N) is 2. The Kier molecular flexibility index (Phi) is 4.58. The molecule has 1 aliphatic heterocycles. The van der Waals surface area contributed by atoms with E-state index in [1.54, 1.807) is 22.6 Å². The first-order valence-electron chi connectivity index (χ1n) is 7.45. The van der Waals surface area contributed by atoms with Crippen LogP contribution >= 0.6 is 0 Å². The van der Waals surface area contributed by atoms with Crippen molar-refractivity contribution >= 4 is 15.8 Å². The van der Waals surface area contributed by atoms with Gasteiger partial charge in [0.1, 0.15) is 5.82 Å². The van der Waals surface area contributed by atoms with Gasteiger partial charge in [0.2, 0.25) is 10.0 Å². The lowest BCUT2D eigenvalue weighted by Crippen LogP contribution is -2.31. The first-order chi connectivity index (χ1) is 9.75. The molecular formula is C15H25N3O2S. The van der Waals surface area contributed by atoms with Crippen LogP contribution in [0.1, 0.15) is 34.1 Å². The summed E-state index contributed by atoms with van der Waals surface area (Å²) >= 11 is 0. The molecule has 2 rings (SSSR count). The fourth-order valence-electron chi connectivity index (χ4n) is 2.65. The number of pyridine rings is 1. The number of anilines is 1. The van der Waals surface area contributed by atoms with Crippen molar-refractivity contribution in [3.8, 4) is 0 Å². The monoisotopic (exact) mass is 311 g/mol. The fourth-order valence-corrected chi connectivity index (χ4v) is 4.17. The third kappa shape index (κ3) is 3.55. The Balaban J connectivity index is 2.21. The highest BCUT2D eigenvalue weighted by Crippen LogP contribution is 2.35. The average Bonchev–Trinajstić information content (AvgIpc) is 2.89. The summed E-state index contributed by atoms with van der Waals surface area (Å²) in [6.45, 7) is 10.4. The summed E-state index contributed by atoms with van der Waals surface area (Å²) in [4.78, 5) is 4.45. The first-order valence-corrected chi connectivity index (χ1v) is 8.89. The van der Waals surface area contributed by atoms with Gasteiger partial charge in [-0.15, -0.1) is 0 Å². The van der Waals surface area contributed by atoms with Gasteiger partial charge in [0.05, 0.1) is 4.90 Å². The predicted octanol–water partition coefficient (Wildman–Crippen LogP) is 2.57. The second kappa shape index (κ2) is 5.93. The van der Waals surface area contributed by atoms with Gasteiger partial charge in [-0.3, -0.25) is 0 Å². The Morgan fingerprint density at radius 1 is 1.43 bits per heavy atom. The lowest BCUT2D eigenvalue weighted by molar-refractivity contribution is 0.252. The number of hydrogen-bond acceptors (Lipinski definition) is 4. The standard InChI is InChI=1S/C15H25N3O2S/c1-5-16-14-10-13(6-8-17-14)21(19,20)18-9-7-12(11-18)15(2,3)4/h6,8,10,12H,5,7,9,11H2,1-4H3,(H,16,17). The van der Waals surface area contributed by atoms with Crippen LogP contribution in [-0.2, 0) is 10.0 Å². The van der Waals surface area contributed by atoms with Gasteiger partial charge in [0.15, 0.2) is 0 Å². The summed E-state index contributed by atoms with van der Waals surface area (Å²) in [5, 5.41) is 3.05. The number of nitrogens with one attached hydrogen (secondary N) is 1. The van der Waals surface area contributed by atoms with Gasteiger partial charge in [-0.1, -0.05) is 20.8 Å².